The third-order valence-corrected chi connectivity index (χ3v) is 3.99. The highest BCUT2D eigenvalue weighted by Crippen LogP contribution is 2.28. The number of anilines is 1. The average molecular weight is 338 g/mol. The summed E-state index contributed by atoms with van der Waals surface area (Å²) < 4.78 is 10.6. The van der Waals surface area contributed by atoms with Crippen LogP contribution in [0.2, 0.25) is 0 Å². The maximum Gasteiger partial charge on any atom is 0.193 e. The molecule has 1 aromatic heterocycles. The number of methoxy groups -OCH3 is 2. The van der Waals surface area contributed by atoms with E-state index in [0.29, 0.717) is 12.5 Å². The van der Waals surface area contributed by atoms with Gasteiger partial charge < -0.3 is 25.5 Å². The second kappa shape index (κ2) is 7.61. The Balaban J connectivity index is 1.64. The van der Waals surface area contributed by atoms with Crippen molar-refractivity contribution in [3.05, 3.63) is 54.2 Å². The summed E-state index contributed by atoms with van der Waals surface area (Å²) in [5.74, 6) is 2.05. The van der Waals surface area contributed by atoms with Gasteiger partial charge in [-0.3, -0.25) is 4.99 Å². The molecule has 1 heterocycles. The second-order valence-corrected chi connectivity index (χ2v) is 5.57. The molecule has 0 aliphatic carbocycles. The molecule has 0 amide bonds. The Morgan fingerprint density at radius 2 is 1.92 bits per heavy atom. The van der Waals surface area contributed by atoms with Crippen molar-refractivity contribution in [3.63, 3.8) is 0 Å². The van der Waals surface area contributed by atoms with Gasteiger partial charge in [0.2, 0.25) is 0 Å². The summed E-state index contributed by atoms with van der Waals surface area (Å²) in [6, 6.07) is 13.5. The number of hydrogen-bond donors (Lipinski definition) is 3. The molecule has 130 valence electrons. The van der Waals surface area contributed by atoms with Crippen LogP contribution >= 0.6 is 0 Å². The maximum absolute atomic E-state index is 5.96. The number of aliphatic imine (C=N–C) groups is 1. The largest absolute Gasteiger partial charge is 0.497 e. The van der Waals surface area contributed by atoms with Gasteiger partial charge in [0, 0.05) is 29.3 Å². The summed E-state index contributed by atoms with van der Waals surface area (Å²) in [7, 11) is 3.32. The molecular formula is C19H22N4O2. The molecule has 6 nitrogen and oxygen atoms in total. The molecule has 0 aliphatic heterocycles. The highest BCUT2D eigenvalue weighted by Gasteiger charge is 2.08. The highest BCUT2D eigenvalue weighted by molar-refractivity contribution is 5.92. The smallest absolute Gasteiger partial charge is 0.193 e. The fourth-order valence-electron chi connectivity index (χ4n) is 2.75. The molecule has 3 aromatic rings. The van der Waals surface area contributed by atoms with Crippen LogP contribution in [0.1, 0.15) is 5.56 Å². The molecular weight excluding hydrogens is 316 g/mol. The first-order chi connectivity index (χ1) is 12.2. The first kappa shape index (κ1) is 16.7. The Morgan fingerprint density at radius 3 is 2.64 bits per heavy atom. The van der Waals surface area contributed by atoms with Crippen LogP contribution < -0.4 is 20.5 Å². The monoisotopic (exact) mass is 338 g/mol. The molecule has 0 saturated carbocycles. The van der Waals surface area contributed by atoms with Crippen LogP contribution in [0.5, 0.6) is 11.5 Å². The Kier molecular flexibility index (Phi) is 5.09. The Hall–Kier alpha value is -3.15. The molecule has 0 fully saturated rings. The van der Waals surface area contributed by atoms with Crippen LogP contribution in [0.4, 0.5) is 5.69 Å². The highest BCUT2D eigenvalue weighted by atomic mass is 16.5. The van der Waals surface area contributed by atoms with Crippen molar-refractivity contribution in [2.24, 2.45) is 10.7 Å². The number of H-pyrrole nitrogens is 1. The molecule has 25 heavy (non-hydrogen) atoms. The van der Waals surface area contributed by atoms with Crippen LogP contribution in [0.15, 0.2) is 53.7 Å². The van der Waals surface area contributed by atoms with Gasteiger partial charge in [-0.25, -0.2) is 0 Å². The summed E-state index contributed by atoms with van der Waals surface area (Å²) in [5, 5.41) is 4.17. The van der Waals surface area contributed by atoms with Crippen LogP contribution in [-0.4, -0.2) is 31.7 Å². The van der Waals surface area contributed by atoms with Crippen molar-refractivity contribution >= 4 is 22.5 Å². The molecule has 4 N–H and O–H groups in total. The molecule has 0 atom stereocenters. The Bertz CT molecular complexity index is 869. The van der Waals surface area contributed by atoms with E-state index in [1.54, 1.807) is 14.2 Å². The Morgan fingerprint density at radius 1 is 1.12 bits per heavy atom. The predicted octanol–water partition coefficient (Wildman–Crippen LogP) is 3.15. The number of hydrogen-bond acceptors (Lipinski definition) is 3. The summed E-state index contributed by atoms with van der Waals surface area (Å²) in [6.07, 6.45) is 2.77. The van der Waals surface area contributed by atoms with E-state index in [0.717, 1.165) is 40.1 Å². The SMILES string of the molecule is COc1ccc(NC(N)=NCCc2c[nH]c3cccc(OC)c23)cc1. The third-order valence-electron chi connectivity index (χ3n) is 3.99. The molecule has 0 unspecified atom stereocenters. The lowest BCUT2D eigenvalue weighted by Crippen LogP contribution is -2.23. The number of nitrogens with one attached hydrogen (secondary N) is 2. The zero-order valence-corrected chi connectivity index (χ0v) is 14.4. The van der Waals surface area contributed by atoms with Gasteiger partial charge in [0.15, 0.2) is 5.96 Å². The van der Waals surface area contributed by atoms with Crippen molar-refractivity contribution in [1.29, 1.82) is 0 Å². The minimum Gasteiger partial charge on any atom is -0.497 e. The number of ether oxygens (including phenoxy) is 2. The topological polar surface area (TPSA) is 84.7 Å². The van der Waals surface area contributed by atoms with Crippen molar-refractivity contribution in [1.82, 2.24) is 4.98 Å². The van der Waals surface area contributed by atoms with Crippen molar-refractivity contribution < 1.29 is 9.47 Å². The molecule has 0 radical (unpaired) electrons. The lowest BCUT2D eigenvalue weighted by molar-refractivity contribution is 0.415. The summed E-state index contributed by atoms with van der Waals surface area (Å²) in [6.45, 7) is 0.583. The van der Waals surface area contributed by atoms with E-state index < -0.39 is 0 Å². The molecule has 0 aliphatic rings. The summed E-state index contributed by atoms with van der Waals surface area (Å²) in [4.78, 5) is 7.66. The normalized spacial score (nSPS) is 11.5. The molecule has 0 bridgehead atoms. The van der Waals surface area contributed by atoms with E-state index >= 15 is 0 Å². The van der Waals surface area contributed by atoms with E-state index in [9.17, 15) is 0 Å². The number of nitrogens with zero attached hydrogens (tertiary/aromatic N) is 1. The molecule has 3 rings (SSSR count). The van der Waals surface area contributed by atoms with Gasteiger partial charge in [0.1, 0.15) is 11.5 Å². The van der Waals surface area contributed by atoms with E-state index in [2.05, 4.69) is 15.3 Å². The van der Waals surface area contributed by atoms with Crippen molar-refractivity contribution in [2.75, 3.05) is 26.1 Å². The number of fused-ring (bicyclic) bond motifs is 1. The van der Waals surface area contributed by atoms with Crippen molar-refractivity contribution in [3.8, 4) is 11.5 Å². The van der Waals surface area contributed by atoms with E-state index in [-0.39, 0.29) is 0 Å². The van der Waals surface area contributed by atoms with Gasteiger partial charge in [-0.05, 0) is 48.4 Å². The molecule has 6 heteroatoms. The van der Waals surface area contributed by atoms with E-state index in [4.69, 9.17) is 15.2 Å². The van der Waals surface area contributed by atoms with Gasteiger partial charge in [-0.2, -0.15) is 0 Å². The van der Waals surface area contributed by atoms with Crippen molar-refractivity contribution in [2.45, 2.75) is 6.42 Å². The number of benzene rings is 2. The fourth-order valence-corrected chi connectivity index (χ4v) is 2.75. The third kappa shape index (κ3) is 3.85. The molecule has 0 saturated heterocycles. The maximum atomic E-state index is 5.96. The fraction of sp³-hybridized carbons (Fsp3) is 0.211. The van der Waals surface area contributed by atoms with Gasteiger partial charge in [-0.15, -0.1) is 0 Å². The quantitative estimate of drug-likeness (QED) is 0.476. The minimum atomic E-state index is 0.386. The first-order valence-electron chi connectivity index (χ1n) is 8.05. The second-order valence-electron chi connectivity index (χ2n) is 5.57. The summed E-state index contributed by atoms with van der Waals surface area (Å²) in [5.41, 5.74) is 9.05. The number of nitrogens with two attached hydrogens (primary N) is 1. The zero-order chi connectivity index (χ0) is 17.6. The Labute approximate surface area is 146 Å². The number of aromatic nitrogens is 1. The first-order valence-corrected chi connectivity index (χ1v) is 8.05. The van der Waals surface area contributed by atoms with Gasteiger partial charge in [0.25, 0.3) is 0 Å². The van der Waals surface area contributed by atoms with Crippen LogP contribution in [0.3, 0.4) is 0 Å². The number of rotatable bonds is 6. The van der Waals surface area contributed by atoms with E-state index in [1.165, 1.54) is 0 Å². The predicted molar refractivity (Wildman–Crippen MR) is 102 cm³/mol. The van der Waals surface area contributed by atoms with E-state index in [1.807, 2.05) is 48.7 Å². The lowest BCUT2D eigenvalue weighted by Gasteiger charge is -2.07. The summed E-state index contributed by atoms with van der Waals surface area (Å²) >= 11 is 0. The van der Waals surface area contributed by atoms with Gasteiger partial charge >= 0.3 is 0 Å². The lowest BCUT2D eigenvalue weighted by atomic mass is 10.1. The molecule has 0 spiro atoms. The standard InChI is InChI=1S/C19H22N4O2/c1-24-15-8-6-14(7-9-15)23-19(20)21-11-10-13-12-22-16-4-3-5-17(25-2)18(13)16/h3-9,12,22H,10-11H2,1-2H3,(H3,20,21,23). The van der Waals surface area contributed by atoms with Crippen LogP contribution in [0.25, 0.3) is 10.9 Å². The average Bonchev–Trinajstić information content (AvgIpc) is 3.05. The van der Waals surface area contributed by atoms with Gasteiger partial charge in [-0.1, -0.05) is 6.07 Å². The number of aromatic amines is 1. The van der Waals surface area contributed by atoms with Gasteiger partial charge in [0.05, 0.1) is 14.2 Å². The van der Waals surface area contributed by atoms with Crippen LogP contribution in [-0.2, 0) is 6.42 Å². The molecule has 2 aromatic carbocycles. The van der Waals surface area contributed by atoms with Crippen LogP contribution in [0, 0.1) is 0 Å². The number of guanidine groups is 1. The minimum absolute atomic E-state index is 0.386. The zero-order valence-electron chi connectivity index (χ0n) is 14.4.